The van der Waals surface area contributed by atoms with Gasteiger partial charge in [0.2, 0.25) is 0 Å². The number of nitro groups is 1. The fourth-order valence-electron chi connectivity index (χ4n) is 1.39. The molecule has 1 aromatic carbocycles. The van der Waals surface area contributed by atoms with E-state index in [0.717, 1.165) is 0 Å². The maximum atomic E-state index is 11.4. The second-order valence-electron chi connectivity index (χ2n) is 3.77. The predicted octanol–water partition coefficient (Wildman–Crippen LogP) is 0.957. The molecule has 0 aliphatic rings. The molecule has 0 spiro atoms. The fourth-order valence-corrected chi connectivity index (χ4v) is 1.39. The van der Waals surface area contributed by atoms with Crippen molar-refractivity contribution >= 4 is 17.7 Å². The summed E-state index contributed by atoms with van der Waals surface area (Å²) >= 11 is 0. The van der Waals surface area contributed by atoms with Crippen LogP contribution in [0.15, 0.2) is 24.3 Å². The van der Waals surface area contributed by atoms with E-state index < -0.39 is 16.9 Å². The van der Waals surface area contributed by atoms with Gasteiger partial charge < -0.3 is 15.4 Å². The lowest BCUT2D eigenvalue weighted by Crippen LogP contribution is -2.38. The normalized spacial score (nSPS) is 9.65. The molecule has 8 heteroatoms. The molecular weight excluding hydrogens is 266 g/mol. The van der Waals surface area contributed by atoms with Gasteiger partial charge in [0.25, 0.3) is 5.69 Å². The van der Waals surface area contributed by atoms with Gasteiger partial charge in [0, 0.05) is 18.7 Å². The second-order valence-corrected chi connectivity index (χ2v) is 3.77. The van der Waals surface area contributed by atoms with Crippen LogP contribution in [0.2, 0.25) is 0 Å². The maximum Gasteiger partial charge on any atom is 0.325 e. The molecule has 0 bridgehead atoms. The lowest BCUT2D eigenvalue weighted by atomic mass is 10.2. The number of nitrogens with zero attached hydrogens (tertiary/aromatic N) is 1. The van der Waals surface area contributed by atoms with Crippen LogP contribution in [0.4, 0.5) is 10.5 Å². The van der Waals surface area contributed by atoms with E-state index in [2.05, 4.69) is 15.4 Å². The van der Waals surface area contributed by atoms with E-state index in [9.17, 15) is 19.7 Å². The van der Waals surface area contributed by atoms with Gasteiger partial charge in [-0.3, -0.25) is 14.9 Å². The number of rotatable bonds is 6. The number of hydrogen-bond acceptors (Lipinski definition) is 5. The van der Waals surface area contributed by atoms with E-state index in [4.69, 9.17) is 0 Å². The van der Waals surface area contributed by atoms with Crippen LogP contribution in [0.3, 0.4) is 0 Å². The zero-order valence-electron chi connectivity index (χ0n) is 10.9. The van der Waals surface area contributed by atoms with Crippen molar-refractivity contribution in [2.45, 2.75) is 13.5 Å². The van der Waals surface area contributed by atoms with Gasteiger partial charge in [-0.2, -0.15) is 0 Å². The third kappa shape index (κ3) is 5.34. The van der Waals surface area contributed by atoms with Crippen molar-refractivity contribution in [2.24, 2.45) is 0 Å². The van der Waals surface area contributed by atoms with Gasteiger partial charge in [-0.15, -0.1) is 0 Å². The number of carbonyl (C=O) groups is 2. The molecule has 1 rings (SSSR count). The van der Waals surface area contributed by atoms with E-state index in [1.807, 2.05) is 0 Å². The number of nitro benzene ring substituents is 1. The first-order chi connectivity index (χ1) is 9.52. The third-order valence-electron chi connectivity index (χ3n) is 2.27. The summed E-state index contributed by atoms with van der Waals surface area (Å²) in [6.45, 7) is 1.81. The third-order valence-corrected chi connectivity index (χ3v) is 2.27. The van der Waals surface area contributed by atoms with Crippen molar-refractivity contribution in [2.75, 3.05) is 13.2 Å². The molecule has 2 amide bonds. The molecule has 2 N–H and O–H groups in total. The summed E-state index contributed by atoms with van der Waals surface area (Å²) in [5.41, 5.74) is 0.543. The molecule has 0 heterocycles. The van der Waals surface area contributed by atoms with Crippen LogP contribution in [0.25, 0.3) is 0 Å². The summed E-state index contributed by atoms with van der Waals surface area (Å²) in [4.78, 5) is 32.5. The smallest absolute Gasteiger partial charge is 0.325 e. The van der Waals surface area contributed by atoms with Crippen LogP contribution in [0.5, 0.6) is 0 Å². The average molecular weight is 281 g/mol. The van der Waals surface area contributed by atoms with E-state index >= 15 is 0 Å². The monoisotopic (exact) mass is 281 g/mol. The lowest BCUT2D eigenvalue weighted by Gasteiger charge is -2.07. The number of hydrogen-bond donors (Lipinski definition) is 2. The predicted molar refractivity (Wildman–Crippen MR) is 70.0 cm³/mol. The Balaban J connectivity index is 2.39. The number of esters is 1. The van der Waals surface area contributed by atoms with E-state index in [1.54, 1.807) is 13.0 Å². The Morgan fingerprint density at radius 1 is 1.35 bits per heavy atom. The summed E-state index contributed by atoms with van der Waals surface area (Å²) in [5, 5.41) is 15.4. The molecule has 0 atom stereocenters. The van der Waals surface area contributed by atoms with Crippen molar-refractivity contribution in [3.8, 4) is 0 Å². The lowest BCUT2D eigenvalue weighted by molar-refractivity contribution is -0.384. The number of carbonyl (C=O) groups excluding carboxylic acids is 2. The first kappa shape index (κ1) is 15.4. The van der Waals surface area contributed by atoms with Crippen molar-refractivity contribution in [3.63, 3.8) is 0 Å². The molecule has 0 radical (unpaired) electrons. The molecule has 0 saturated heterocycles. The highest BCUT2D eigenvalue weighted by molar-refractivity contribution is 5.80. The number of amides is 2. The van der Waals surface area contributed by atoms with Crippen LogP contribution in [0, 0.1) is 10.1 Å². The van der Waals surface area contributed by atoms with Gasteiger partial charge in [-0.1, -0.05) is 12.1 Å². The average Bonchev–Trinajstić information content (AvgIpc) is 2.43. The van der Waals surface area contributed by atoms with Crippen LogP contribution < -0.4 is 10.6 Å². The van der Waals surface area contributed by atoms with E-state index in [1.165, 1.54) is 18.2 Å². The minimum absolute atomic E-state index is 0.0452. The van der Waals surface area contributed by atoms with E-state index in [0.29, 0.717) is 5.56 Å². The van der Waals surface area contributed by atoms with Crippen LogP contribution in [-0.2, 0) is 16.1 Å². The minimum atomic E-state index is -0.551. The number of benzene rings is 1. The highest BCUT2D eigenvalue weighted by atomic mass is 16.6. The van der Waals surface area contributed by atoms with Crippen molar-refractivity contribution in [1.29, 1.82) is 0 Å². The molecule has 1 aromatic rings. The van der Waals surface area contributed by atoms with Gasteiger partial charge in [0.15, 0.2) is 0 Å². The molecular formula is C12H15N3O5. The number of urea groups is 1. The highest BCUT2D eigenvalue weighted by Crippen LogP contribution is 2.12. The summed E-state index contributed by atoms with van der Waals surface area (Å²) in [6, 6.07) is 5.37. The Kier molecular flexibility index (Phi) is 5.95. The molecule has 20 heavy (non-hydrogen) atoms. The number of non-ortho nitro benzene ring substituents is 1. The van der Waals surface area contributed by atoms with Gasteiger partial charge in [0.1, 0.15) is 6.54 Å². The fraction of sp³-hybridized carbons (Fsp3) is 0.333. The standard InChI is InChI=1S/C12H15N3O5/c1-2-20-11(16)8-14-12(17)13-7-9-4-3-5-10(6-9)15(18)19/h3-6H,2,7-8H2,1H3,(H2,13,14,17). The Hall–Kier alpha value is -2.64. The zero-order chi connectivity index (χ0) is 15.0. The van der Waals surface area contributed by atoms with Crippen LogP contribution in [-0.4, -0.2) is 30.1 Å². The molecule has 8 nitrogen and oxygen atoms in total. The van der Waals surface area contributed by atoms with Crippen LogP contribution in [0.1, 0.15) is 12.5 Å². The topological polar surface area (TPSA) is 111 Å². The second kappa shape index (κ2) is 7.72. The Labute approximate surface area is 115 Å². The summed E-state index contributed by atoms with van der Waals surface area (Å²) in [6.07, 6.45) is 0. The maximum absolute atomic E-state index is 11.4. The van der Waals surface area contributed by atoms with Crippen molar-refractivity contribution in [1.82, 2.24) is 10.6 Å². The summed E-state index contributed by atoms with van der Waals surface area (Å²) in [7, 11) is 0. The Morgan fingerprint density at radius 2 is 2.10 bits per heavy atom. The Morgan fingerprint density at radius 3 is 2.75 bits per heavy atom. The molecule has 0 unspecified atom stereocenters. The zero-order valence-corrected chi connectivity index (χ0v) is 10.9. The van der Waals surface area contributed by atoms with Crippen LogP contribution >= 0.6 is 0 Å². The molecule has 0 saturated carbocycles. The summed E-state index contributed by atoms with van der Waals surface area (Å²) in [5.74, 6) is -0.530. The minimum Gasteiger partial charge on any atom is -0.465 e. The van der Waals surface area contributed by atoms with Gasteiger partial charge in [-0.05, 0) is 12.5 Å². The van der Waals surface area contributed by atoms with E-state index in [-0.39, 0.29) is 25.4 Å². The van der Waals surface area contributed by atoms with Gasteiger partial charge >= 0.3 is 12.0 Å². The van der Waals surface area contributed by atoms with Crippen molar-refractivity contribution < 1.29 is 19.2 Å². The number of ether oxygens (including phenoxy) is 1. The van der Waals surface area contributed by atoms with Crippen molar-refractivity contribution in [3.05, 3.63) is 39.9 Å². The Bertz CT molecular complexity index is 504. The molecule has 0 aromatic heterocycles. The molecule has 0 aliphatic carbocycles. The molecule has 0 fully saturated rings. The highest BCUT2D eigenvalue weighted by Gasteiger charge is 2.08. The SMILES string of the molecule is CCOC(=O)CNC(=O)NCc1cccc([N+](=O)[O-])c1. The first-order valence-corrected chi connectivity index (χ1v) is 5.93. The molecule has 108 valence electrons. The molecule has 0 aliphatic heterocycles. The first-order valence-electron chi connectivity index (χ1n) is 5.93. The number of nitrogens with one attached hydrogen (secondary N) is 2. The largest absolute Gasteiger partial charge is 0.465 e. The quantitative estimate of drug-likeness (QED) is 0.458. The summed E-state index contributed by atoms with van der Waals surface area (Å²) < 4.78 is 4.64. The van der Waals surface area contributed by atoms with Gasteiger partial charge in [0.05, 0.1) is 11.5 Å². The van der Waals surface area contributed by atoms with Gasteiger partial charge in [-0.25, -0.2) is 4.79 Å².